The molecule has 0 bridgehead atoms. The smallest absolute Gasteiger partial charge is 0.221 e. The molecule has 2 rings (SSSR count). The van der Waals surface area contributed by atoms with Gasteiger partial charge in [0.2, 0.25) is 5.91 Å². The lowest BCUT2D eigenvalue weighted by Gasteiger charge is -2.11. The SMILES string of the molecule is COc1c(NC(C)=O)c(O)cc2occc12. The largest absolute Gasteiger partial charge is 0.505 e. The first kappa shape index (κ1) is 10.4. The molecule has 0 saturated carbocycles. The minimum Gasteiger partial charge on any atom is -0.505 e. The molecule has 2 N–H and O–H groups in total. The highest BCUT2D eigenvalue weighted by molar-refractivity contribution is 6.00. The van der Waals surface area contributed by atoms with Crippen molar-refractivity contribution in [2.75, 3.05) is 12.4 Å². The molecule has 1 amide bonds. The number of methoxy groups -OCH3 is 1. The van der Waals surface area contributed by atoms with Crippen molar-refractivity contribution in [2.24, 2.45) is 0 Å². The number of phenolic OH excluding ortho intramolecular Hbond substituents is 1. The van der Waals surface area contributed by atoms with E-state index in [1.54, 1.807) is 6.07 Å². The highest BCUT2D eigenvalue weighted by atomic mass is 16.5. The van der Waals surface area contributed by atoms with Crippen LogP contribution in [0.2, 0.25) is 0 Å². The topological polar surface area (TPSA) is 71.7 Å². The minimum atomic E-state index is -0.281. The van der Waals surface area contributed by atoms with Gasteiger partial charge in [-0.2, -0.15) is 0 Å². The number of anilines is 1. The molecule has 0 spiro atoms. The van der Waals surface area contributed by atoms with Crippen molar-refractivity contribution in [1.29, 1.82) is 0 Å². The highest BCUT2D eigenvalue weighted by Gasteiger charge is 2.16. The number of ether oxygens (including phenoxy) is 1. The Bertz CT molecular complexity index is 544. The Balaban J connectivity index is 2.69. The summed E-state index contributed by atoms with van der Waals surface area (Å²) < 4.78 is 10.3. The third kappa shape index (κ3) is 1.56. The van der Waals surface area contributed by atoms with Crippen molar-refractivity contribution in [3.63, 3.8) is 0 Å². The lowest BCUT2D eigenvalue weighted by atomic mass is 10.2. The van der Waals surface area contributed by atoms with Gasteiger partial charge in [0, 0.05) is 13.0 Å². The zero-order valence-corrected chi connectivity index (χ0v) is 8.90. The molecule has 5 nitrogen and oxygen atoms in total. The average molecular weight is 221 g/mol. The van der Waals surface area contributed by atoms with Crippen LogP contribution in [0.25, 0.3) is 11.0 Å². The van der Waals surface area contributed by atoms with E-state index in [1.165, 1.54) is 26.4 Å². The number of aromatic hydroxyl groups is 1. The van der Waals surface area contributed by atoms with E-state index in [1.807, 2.05) is 0 Å². The predicted molar refractivity (Wildman–Crippen MR) is 58.7 cm³/mol. The molecule has 0 aliphatic rings. The molecule has 0 aliphatic carbocycles. The number of hydrogen-bond donors (Lipinski definition) is 2. The van der Waals surface area contributed by atoms with Crippen LogP contribution in [0.1, 0.15) is 6.92 Å². The second-order valence-corrected chi connectivity index (χ2v) is 3.32. The maximum Gasteiger partial charge on any atom is 0.221 e. The Hall–Kier alpha value is -2.17. The van der Waals surface area contributed by atoms with E-state index >= 15 is 0 Å². The molecule has 1 aromatic heterocycles. The Morgan fingerprint density at radius 3 is 2.94 bits per heavy atom. The van der Waals surface area contributed by atoms with Gasteiger partial charge in [-0.1, -0.05) is 0 Å². The first-order valence-electron chi connectivity index (χ1n) is 4.68. The molecule has 1 aromatic carbocycles. The van der Waals surface area contributed by atoms with E-state index in [0.29, 0.717) is 16.7 Å². The van der Waals surface area contributed by atoms with Crippen LogP contribution in [0, 0.1) is 0 Å². The molecule has 5 heteroatoms. The van der Waals surface area contributed by atoms with Crippen LogP contribution in [-0.2, 0) is 4.79 Å². The molecule has 0 radical (unpaired) electrons. The molecule has 16 heavy (non-hydrogen) atoms. The van der Waals surface area contributed by atoms with Crippen LogP contribution in [-0.4, -0.2) is 18.1 Å². The Labute approximate surface area is 91.6 Å². The summed E-state index contributed by atoms with van der Waals surface area (Å²) in [5, 5.41) is 13.0. The van der Waals surface area contributed by atoms with Gasteiger partial charge in [-0.05, 0) is 6.07 Å². The first-order valence-corrected chi connectivity index (χ1v) is 4.68. The molecule has 2 aromatic rings. The normalized spacial score (nSPS) is 10.4. The quantitative estimate of drug-likeness (QED) is 0.762. The van der Waals surface area contributed by atoms with Crippen molar-refractivity contribution in [3.8, 4) is 11.5 Å². The lowest BCUT2D eigenvalue weighted by molar-refractivity contribution is -0.114. The Morgan fingerprint density at radius 2 is 2.31 bits per heavy atom. The molecule has 84 valence electrons. The monoisotopic (exact) mass is 221 g/mol. The molecule has 0 fully saturated rings. The van der Waals surface area contributed by atoms with E-state index in [2.05, 4.69) is 5.32 Å². The summed E-state index contributed by atoms with van der Waals surface area (Å²) in [6, 6.07) is 3.14. The third-order valence-electron chi connectivity index (χ3n) is 2.20. The number of nitrogens with one attached hydrogen (secondary N) is 1. The van der Waals surface area contributed by atoms with Gasteiger partial charge < -0.3 is 19.6 Å². The Morgan fingerprint density at radius 1 is 1.56 bits per heavy atom. The van der Waals surface area contributed by atoms with Gasteiger partial charge in [-0.3, -0.25) is 4.79 Å². The Kier molecular flexibility index (Phi) is 2.44. The second-order valence-electron chi connectivity index (χ2n) is 3.32. The maximum atomic E-state index is 11.0. The second kappa shape index (κ2) is 3.77. The fourth-order valence-electron chi connectivity index (χ4n) is 1.58. The van der Waals surface area contributed by atoms with Crippen molar-refractivity contribution < 1.29 is 19.1 Å². The summed E-state index contributed by atoms with van der Waals surface area (Å²) in [7, 11) is 1.46. The van der Waals surface area contributed by atoms with Crippen LogP contribution in [0.15, 0.2) is 22.8 Å². The average Bonchev–Trinajstić information content (AvgIpc) is 2.65. The molecular weight excluding hydrogens is 210 g/mol. The van der Waals surface area contributed by atoms with Crippen LogP contribution in [0.3, 0.4) is 0 Å². The number of furan rings is 1. The van der Waals surface area contributed by atoms with Gasteiger partial charge in [0.1, 0.15) is 17.0 Å². The summed E-state index contributed by atoms with van der Waals surface area (Å²) in [6.45, 7) is 1.36. The van der Waals surface area contributed by atoms with Gasteiger partial charge in [0.05, 0.1) is 18.8 Å². The minimum absolute atomic E-state index is 0.0884. The molecule has 0 atom stereocenters. The van der Waals surface area contributed by atoms with Gasteiger partial charge in [-0.15, -0.1) is 0 Å². The van der Waals surface area contributed by atoms with Crippen LogP contribution < -0.4 is 10.1 Å². The maximum absolute atomic E-state index is 11.0. The third-order valence-corrected chi connectivity index (χ3v) is 2.20. The highest BCUT2D eigenvalue weighted by Crippen LogP contribution is 2.41. The first-order chi connectivity index (χ1) is 7.63. The van der Waals surface area contributed by atoms with E-state index in [0.717, 1.165) is 0 Å². The van der Waals surface area contributed by atoms with Crippen LogP contribution in [0.5, 0.6) is 11.5 Å². The van der Waals surface area contributed by atoms with Crippen LogP contribution >= 0.6 is 0 Å². The molecular formula is C11H11NO4. The van der Waals surface area contributed by atoms with Gasteiger partial charge in [-0.25, -0.2) is 0 Å². The lowest BCUT2D eigenvalue weighted by Crippen LogP contribution is -2.07. The van der Waals surface area contributed by atoms with Crippen molar-refractivity contribution in [3.05, 3.63) is 18.4 Å². The fraction of sp³-hybridized carbons (Fsp3) is 0.182. The van der Waals surface area contributed by atoms with Crippen molar-refractivity contribution in [1.82, 2.24) is 0 Å². The number of fused-ring (bicyclic) bond motifs is 1. The molecule has 0 aliphatic heterocycles. The van der Waals surface area contributed by atoms with E-state index in [9.17, 15) is 9.90 Å². The zero-order valence-electron chi connectivity index (χ0n) is 8.90. The summed E-state index contributed by atoms with van der Waals surface area (Å²) in [5.74, 6) is 0.0184. The number of carbonyl (C=O) groups excluding carboxylic acids is 1. The number of phenols is 1. The van der Waals surface area contributed by atoms with E-state index < -0.39 is 0 Å². The van der Waals surface area contributed by atoms with Crippen LogP contribution in [0.4, 0.5) is 5.69 Å². The van der Waals surface area contributed by atoms with E-state index in [4.69, 9.17) is 9.15 Å². The fourth-order valence-corrected chi connectivity index (χ4v) is 1.58. The number of rotatable bonds is 2. The summed E-state index contributed by atoms with van der Waals surface area (Å²) >= 11 is 0. The summed E-state index contributed by atoms with van der Waals surface area (Å²) in [5.41, 5.74) is 0.757. The van der Waals surface area contributed by atoms with Gasteiger partial charge in [0.25, 0.3) is 0 Å². The standard InChI is InChI=1S/C11H11NO4/c1-6(13)12-10-8(14)5-9-7(3-4-16-9)11(10)15-2/h3-5,14H,1-2H3,(H,12,13). The molecule has 1 heterocycles. The van der Waals surface area contributed by atoms with Gasteiger partial charge >= 0.3 is 0 Å². The van der Waals surface area contributed by atoms with Crippen molar-refractivity contribution in [2.45, 2.75) is 6.92 Å². The summed E-state index contributed by atoms with van der Waals surface area (Å²) in [4.78, 5) is 11.0. The zero-order chi connectivity index (χ0) is 11.7. The summed E-state index contributed by atoms with van der Waals surface area (Å²) in [6.07, 6.45) is 1.49. The number of benzene rings is 1. The number of carbonyl (C=O) groups is 1. The number of hydrogen-bond acceptors (Lipinski definition) is 4. The predicted octanol–water partition coefficient (Wildman–Crippen LogP) is 2.11. The molecule has 0 unspecified atom stereocenters. The van der Waals surface area contributed by atoms with Crippen molar-refractivity contribution >= 4 is 22.6 Å². The number of amides is 1. The van der Waals surface area contributed by atoms with Gasteiger partial charge in [0.15, 0.2) is 5.75 Å². The molecule has 0 saturated heterocycles. The van der Waals surface area contributed by atoms with E-state index in [-0.39, 0.29) is 17.3 Å².